The van der Waals surface area contributed by atoms with Gasteiger partial charge >= 0.3 is 0 Å². The second kappa shape index (κ2) is 11.1. The zero-order chi connectivity index (χ0) is 21.7. The van der Waals surface area contributed by atoms with Gasteiger partial charge in [0.15, 0.2) is 17.5 Å². The van der Waals surface area contributed by atoms with Crippen molar-refractivity contribution in [1.29, 1.82) is 0 Å². The zero-order valence-electron chi connectivity index (χ0n) is 18.2. The van der Waals surface area contributed by atoms with Crippen LogP contribution in [0.2, 0.25) is 0 Å². The number of benzene rings is 2. The molecule has 0 fully saturated rings. The highest BCUT2D eigenvalue weighted by atomic mass is 127. The summed E-state index contributed by atoms with van der Waals surface area (Å²) in [5.41, 5.74) is 2.49. The molecule has 2 N–H and O–H groups in total. The van der Waals surface area contributed by atoms with E-state index in [-0.39, 0.29) is 29.8 Å². The molecule has 0 unspecified atom stereocenters. The summed E-state index contributed by atoms with van der Waals surface area (Å²) in [5, 5.41) is 7.23. The van der Waals surface area contributed by atoms with Crippen LogP contribution in [0.15, 0.2) is 39.7 Å². The summed E-state index contributed by atoms with van der Waals surface area (Å²) in [6.07, 6.45) is 0. The Morgan fingerprint density at radius 3 is 2.23 bits per heavy atom. The standard InChI is InChI=1S/C22H26FN3O4.HI/c1-13-16-10-15(23)6-7-17(16)30-20(13)12-26-22(24-2)25-11-14-8-18(27-3)21(29-5)19(9-14)28-4;/h6-10H,11-12H2,1-5H3,(H2,24,25,26);1H. The summed E-state index contributed by atoms with van der Waals surface area (Å²) in [6, 6.07) is 8.26. The van der Waals surface area contributed by atoms with Crippen molar-refractivity contribution < 1.29 is 23.0 Å². The van der Waals surface area contributed by atoms with Gasteiger partial charge in [-0.15, -0.1) is 24.0 Å². The molecule has 1 heterocycles. The highest BCUT2D eigenvalue weighted by Gasteiger charge is 2.14. The molecule has 0 saturated heterocycles. The van der Waals surface area contributed by atoms with Crippen LogP contribution in [0.25, 0.3) is 11.0 Å². The number of hydrogen-bond acceptors (Lipinski definition) is 5. The Bertz CT molecular complexity index is 1040. The van der Waals surface area contributed by atoms with Gasteiger partial charge in [-0.3, -0.25) is 4.99 Å². The minimum Gasteiger partial charge on any atom is -0.493 e. The van der Waals surface area contributed by atoms with Gasteiger partial charge in [0.2, 0.25) is 5.75 Å². The number of aryl methyl sites for hydroxylation is 1. The van der Waals surface area contributed by atoms with Crippen molar-refractivity contribution in [3.05, 3.63) is 53.0 Å². The summed E-state index contributed by atoms with van der Waals surface area (Å²) in [5.74, 6) is 2.75. The number of hydrogen-bond donors (Lipinski definition) is 2. The third-order valence-electron chi connectivity index (χ3n) is 4.82. The maximum atomic E-state index is 13.5. The lowest BCUT2D eigenvalue weighted by atomic mass is 10.1. The lowest BCUT2D eigenvalue weighted by molar-refractivity contribution is 0.323. The third-order valence-corrected chi connectivity index (χ3v) is 4.82. The van der Waals surface area contributed by atoms with Gasteiger partial charge in [0, 0.05) is 24.5 Å². The predicted octanol–water partition coefficient (Wildman–Crippen LogP) is 4.39. The van der Waals surface area contributed by atoms with Crippen LogP contribution in [-0.4, -0.2) is 34.3 Å². The van der Waals surface area contributed by atoms with Crippen LogP contribution < -0.4 is 24.8 Å². The van der Waals surface area contributed by atoms with Gasteiger partial charge in [0.05, 0.1) is 27.9 Å². The van der Waals surface area contributed by atoms with E-state index in [4.69, 9.17) is 18.6 Å². The SMILES string of the molecule is CN=C(NCc1cc(OC)c(OC)c(OC)c1)NCc1oc2ccc(F)cc2c1C.I. The van der Waals surface area contributed by atoms with Crippen molar-refractivity contribution in [3.63, 3.8) is 0 Å². The van der Waals surface area contributed by atoms with Gasteiger partial charge < -0.3 is 29.3 Å². The maximum absolute atomic E-state index is 13.5. The number of furan rings is 1. The second-order valence-electron chi connectivity index (χ2n) is 6.60. The highest BCUT2D eigenvalue weighted by Crippen LogP contribution is 2.38. The molecule has 1 aromatic heterocycles. The fourth-order valence-electron chi connectivity index (χ4n) is 3.22. The first-order valence-electron chi connectivity index (χ1n) is 9.41. The summed E-state index contributed by atoms with van der Waals surface area (Å²) in [4.78, 5) is 4.24. The molecular formula is C22H27FIN3O4. The molecule has 2 aromatic carbocycles. The van der Waals surface area contributed by atoms with Crippen LogP contribution >= 0.6 is 24.0 Å². The van der Waals surface area contributed by atoms with Gasteiger partial charge in [-0.1, -0.05) is 0 Å². The topological polar surface area (TPSA) is 77.3 Å². The van der Waals surface area contributed by atoms with Gasteiger partial charge in [-0.2, -0.15) is 0 Å². The first-order valence-corrected chi connectivity index (χ1v) is 9.41. The monoisotopic (exact) mass is 543 g/mol. The number of ether oxygens (including phenoxy) is 3. The average Bonchev–Trinajstić information content (AvgIpc) is 3.07. The van der Waals surface area contributed by atoms with E-state index < -0.39 is 0 Å². The largest absolute Gasteiger partial charge is 0.493 e. The quantitative estimate of drug-likeness (QED) is 0.262. The van der Waals surface area contributed by atoms with E-state index in [0.717, 1.165) is 22.3 Å². The Labute approximate surface area is 198 Å². The molecule has 31 heavy (non-hydrogen) atoms. The van der Waals surface area contributed by atoms with E-state index in [2.05, 4.69) is 15.6 Å². The number of nitrogens with one attached hydrogen (secondary N) is 2. The van der Waals surface area contributed by atoms with E-state index in [1.54, 1.807) is 34.4 Å². The van der Waals surface area contributed by atoms with Crippen molar-refractivity contribution in [1.82, 2.24) is 10.6 Å². The normalized spacial score (nSPS) is 11.1. The van der Waals surface area contributed by atoms with E-state index in [9.17, 15) is 4.39 Å². The molecule has 0 aliphatic rings. The fourth-order valence-corrected chi connectivity index (χ4v) is 3.22. The van der Waals surface area contributed by atoms with Gasteiger partial charge in [-0.25, -0.2) is 4.39 Å². The molecule has 9 heteroatoms. The summed E-state index contributed by atoms with van der Waals surface area (Å²) < 4.78 is 35.5. The minimum atomic E-state index is -0.284. The Morgan fingerprint density at radius 1 is 1.00 bits per heavy atom. The van der Waals surface area contributed by atoms with Crippen LogP contribution in [0, 0.1) is 12.7 Å². The summed E-state index contributed by atoms with van der Waals surface area (Å²) in [7, 11) is 6.41. The van der Waals surface area contributed by atoms with Crippen LogP contribution in [0.5, 0.6) is 17.2 Å². The Morgan fingerprint density at radius 2 is 1.65 bits per heavy atom. The molecule has 3 rings (SSSR count). The summed E-state index contributed by atoms with van der Waals surface area (Å²) in [6.45, 7) is 2.81. The van der Waals surface area contributed by atoms with E-state index in [1.165, 1.54) is 12.1 Å². The number of fused-ring (bicyclic) bond motifs is 1. The average molecular weight is 543 g/mol. The third kappa shape index (κ3) is 5.52. The molecule has 7 nitrogen and oxygen atoms in total. The van der Waals surface area contributed by atoms with E-state index >= 15 is 0 Å². The number of aliphatic imine (C=N–C) groups is 1. The van der Waals surface area contributed by atoms with Crippen molar-refractivity contribution in [2.45, 2.75) is 20.0 Å². The van der Waals surface area contributed by atoms with Gasteiger partial charge in [0.25, 0.3) is 0 Å². The number of methoxy groups -OCH3 is 3. The zero-order valence-corrected chi connectivity index (χ0v) is 20.5. The Balaban J connectivity index is 0.00000341. The molecule has 0 saturated carbocycles. The second-order valence-corrected chi connectivity index (χ2v) is 6.60. The lowest BCUT2D eigenvalue weighted by Gasteiger charge is -2.15. The van der Waals surface area contributed by atoms with Crippen molar-refractivity contribution in [2.75, 3.05) is 28.4 Å². The van der Waals surface area contributed by atoms with Gasteiger partial charge in [-0.05, 0) is 42.8 Å². The van der Waals surface area contributed by atoms with E-state index in [1.807, 2.05) is 19.1 Å². The highest BCUT2D eigenvalue weighted by molar-refractivity contribution is 14.0. The molecule has 0 amide bonds. The van der Waals surface area contributed by atoms with Crippen LogP contribution in [0.4, 0.5) is 4.39 Å². The molecule has 0 bridgehead atoms. The molecule has 3 aromatic rings. The molecule has 0 atom stereocenters. The molecular weight excluding hydrogens is 516 g/mol. The first kappa shape index (κ1) is 24.6. The molecule has 168 valence electrons. The van der Waals surface area contributed by atoms with Crippen LogP contribution in [-0.2, 0) is 13.1 Å². The molecule has 0 radical (unpaired) electrons. The van der Waals surface area contributed by atoms with Crippen molar-refractivity contribution in [2.24, 2.45) is 4.99 Å². The Hall–Kier alpha value is -2.69. The smallest absolute Gasteiger partial charge is 0.203 e. The lowest BCUT2D eigenvalue weighted by Crippen LogP contribution is -2.36. The number of halogens is 2. The van der Waals surface area contributed by atoms with E-state index in [0.29, 0.717) is 41.9 Å². The molecule has 0 spiro atoms. The maximum Gasteiger partial charge on any atom is 0.203 e. The molecule has 0 aliphatic carbocycles. The van der Waals surface area contributed by atoms with Gasteiger partial charge in [0.1, 0.15) is 17.2 Å². The minimum absolute atomic E-state index is 0. The first-order chi connectivity index (χ1) is 14.5. The summed E-state index contributed by atoms with van der Waals surface area (Å²) >= 11 is 0. The predicted molar refractivity (Wildman–Crippen MR) is 129 cm³/mol. The number of guanidine groups is 1. The van der Waals surface area contributed by atoms with Crippen LogP contribution in [0.3, 0.4) is 0 Å². The Kier molecular flexibility index (Phi) is 8.78. The fraction of sp³-hybridized carbons (Fsp3) is 0.318. The molecule has 0 aliphatic heterocycles. The van der Waals surface area contributed by atoms with Crippen LogP contribution in [0.1, 0.15) is 16.9 Å². The van der Waals surface area contributed by atoms with Crippen molar-refractivity contribution >= 4 is 40.9 Å². The number of rotatable bonds is 7. The number of nitrogens with zero attached hydrogens (tertiary/aromatic N) is 1. The van der Waals surface area contributed by atoms with Crippen molar-refractivity contribution in [3.8, 4) is 17.2 Å².